The molecule has 0 aliphatic carbocycles. The van der Waals surface area contributed by atoms with Gasteiger partial charge < -0.3 is 4.90 Å². The third kappa shape index (κ3) is 3.40. The molecule has 1 aromatic heterocycles. The summed E-state index contributed by atoms with van der Waals surface area (Å²) in [7, 11) is 0. The van der Waals surface area contributed by atoms with Crippen LogP contribution in [0.3, 0.4) is 0 Å². The number of amides is 1. The first-order valence-electron chi connectivity index (χ1n) is 5.89. The normalized spacial score (nSPS) is 21.4. The van der Waals surface area contributed by atoms with Gasteiger partial charge >= 0.3 is 0 Å². The van der Waals surface area contributed by atoms with Crippen LogP contribution in [0.25, 0.3) is 0 Å². The molecule has 1 aliphatic heterocycles. The number of hydrogen-bond donors (Lipinski definition) is 0. The second-order valence-corrected chi connectivity index (χ2v) is 4.97. The van der Waals surface area contributed by atoms with E-state index in [4.69, 9.17) is 11.6 Å². The Morgan fingerprint density at radius 3 is 2.94 bits per heavy atom. The number of hydrogen-bond acceptors (Lipinski definition) is 3. The van der Waals surface area contributed by atoms with E-state index in [2.05, 4.69) is 16.9 Å². The van der Waals surface area contributed by atoms with Gasteiger partial charge in [-0.05, 0) is 18.8 Å². The van der Waals surface area contributed by atoms with E-state index in [0.717, 1.165) is 25.1 Å². The molecule has 4 nitrogen and oxygen atoms in total. The lowest BCUT2D eigenvalue weighted by atomic mass is 10.0. The van der Waals surface area contributed by atoms with Crippen molar-refractivity contribution in [2.24, 2.45) is 5.92 Å². The molecule has 0 bridgehead atoms. The molecular formula is C12H16ClN3O. The molecular weight excluding hydrogens is 238 g/mol. The maximum atomic E-state index is 11.9. The number of aromatic nitrogens is 2. The summed E-state index contributed by atoms with van der Waals surface area (Å²) in [5, 5.41) is 0.379. The van der Waals surface area contributed by atoms with Crippen LogP contribution in [0.4, 0.5) is 0 Å². The summed E-state index contributed by atoms with van der Waals surface area (Å²) in [4.78, 5) is 21.9. The van der Waals surface area contributed by atoms with Gasteiger partial charge in [-0.2, -0.15) is 0 Å². The highest BCUT2D eigenvalue weighted by atomic mass is 35.5. The van der Waals surface area contributed by atoms with Gasteiger partial charge in [-0.3, -0.25) is 9.78 Å². The summed E-state index contributed by atoms with van der Waals surface area (Å²) in [6.45, 7) is 3.54. The maximum absolute atomic E-state index is 11.9. The largest absolute Gasteiger partial charge is 0.337 e. The summed E-state index contributed by atoms with van der Waals surface area (Å²) in [5.74, 6) is 0.839. The van der Waals surface area contributed by atoms with Crippen LogP contribution in [-0.4, -0.2) is 27.3 Å². The molecule has 1 aliphatic rings. The zero-order valence-corrected chi connectivity index (χ0v) is 10.7. The van der Waals surface area contributed by atoms with E-state index in [9.17, 15) is 4.79 Å². The minimum atomic E-state index is 0.214. The quantitative estimate of drug-likeness (QED) is 0.812. The molecule has 0 aromatic carbocycles. The predicted octanol–water partition coefficient (Wildman–Crippen LogP) is 2.28. The first-order valence-corrected chi connectivity index (χ1v) is 6.27. The van der Waals surface area contributed by atoms with Gasteiger partial charge in [0.1, 0.15) is 5.15 Å². The summed E-state index contributed by atoms with van der Waals surface area (Å²) >= 11 is 5.67. The van der Waals surface area contributed by atoms with Crippen molar-refractivity contribution < 1.29 is 4.79 Å². The average Bonchev–Trinajstić information content (AvgIpc) is 2.47. The van der Waals surface area contributed by atoms with E-state index in [-0.39, 0.29) is 5.91 Å². The van der Waals surface area contributed by atoms with Crippen molar-refractivity contribution in [1.29, 1.82) is 0 Å². The Morgan fingerprint density at radius 1 is 1.41 bits per heavy atom. The third-order valence-corrected chi connectivity index (χ3v) is 3.32. The molecule has 0 saturated carbocycles. The minimum absolute atomic E-state index is 0.214. The zero-order valence-electron chi connectivity index (χ0n) is 9.90. The SMILES string of the molecule is CC1CCC(=O)N(Cc2cnc(Cl)cn2)CC1. The van der Waals surface area contributed by atoms with E-state index >= 15 is 0 Å². The smallest absolute Gasteiger partial charge is 0.222 e. The van der Waals surface area contributed by atoms with Crippen LogP contribution in [-0.2, 0) is 11.3 Å². The summed E-state index contributed by atoms with van der Waals surface area (Å²) in [6, 6.07) is 0. The Morgan fingerprint density at radius 2 is 2.24 bits per heavy atom. The van der Waals surface area contributed by atoms with Crippen molar-refractivity contribution in [3.8, 4) is 0 Å². The Balaban J connectivity index is 2.01. The second kappa shape index (κ2) is 5.45. The molecule has 1 saturated heterocycles. The average molecular weight is 254 g/mol. The van der Waals surface area contributed by atoms with Crippen LogP contribution in [0.1, 0.15) is 31.9 Å². The van der Waals surface area contributed by atoms with Crippen LogP contribution in [0, 0.1) is 5.92 Å². The molecule has 17 heavy (non-hydrogen) atoms. The highest BCUT2D eigenvalue weighted by Crippen LogP contribution is 2.18. The van der Waals surface area contributed by atoms with Crippen molar-refractivity contribution in [3.63, 3.8) is 0 Å². The molecule has 92 valence electrons. The molecule has 0 spiro atoms. The second-order valence-electron chi connectivity index (χ2n) is 4.58. The van der Waals surface area contributed by atoms with Gasteiger partial charge in [0.15, 0.2) is 0 Å². The van der Waals surface area contributed by atoms with Crippen molar-refractivity contribution in [3.05, 3.63) is 23.2 Å². The number of carbonyl (C=O) groups is 1. The molecule has 0 radical (unpaired) electrons. The Hall–Kier alpha value is -1.16. The Kier molecular flexibility index (Phi) is 3.94. The van der Waals surface area contributed by atoms with E-state index in [1.165, 1.54) is 6.20 Å². The summed E-state index contributed by atoms with van der Waals surface area (Å²) in [5.41, 5.74) is 0.789. The van der Waals surface area contributed by atoms with Gasteiger partial charge in [-0.15, -0.1) is 0 Å². The highest BCUT2D eigenvalue weighted by Gasteiger charge is 2.20. The summed E-state index contributed by atoms with van der Waals surface area (Å²) < 4.78 is 0. The van der Waals surface area contributed by atoms with Gasteiger partial charge in [0, 0.05) is 13.0 Å². The van der Waals surface area contributed by atoms with Crippen LogP contribution in [0.15, 0.2) is 12.4 Å². The van der Waals surface area contributed by atoms with Crippen LogP contribution in [0.2, 0.25) is 5.15 Å². The fraction of sp³-hybridized carbons (Fsp3) is 0.583. The Labute approximate surface area is 106 Å². The van der Waals surface area contributed by atoms with Crippen LogP contribution in [0.5, 0.6) is 0 Å². The minimum Gasteiger partial charge on any atom is -0.337 e. The van der Waals surface area contributed by atoms with E-state index in [1.54, 1.807) is 6.20 Å². The lowest BCUT2D eigenvalue weighted by Crippen LogP contribution is -2.30. The number of nitrogens with zero attached hydrogens (tertiary/aromatic N) is 3. The first kappa shape index (κ1) is 12.3. The van der Waals surface area contributed by atoms with Crippen LogP contribution >= 0.6 is 11.6 Å². The van der Waals surface area contributed by atoms with E-state index in [1.807, 2.05) is 4.90 Å². The van der Waals surface area contributed by atoms with Gasteiger partial charge in [-0.25, -0.2) is 4.98 Å². The maximum Gasteiger partial charge on any atom is 0.222 e. The molecule has 2 heterocycles. The number of halogens is 1. The molecule has 5 heteroatoms. The van der Waals surface area contributed by atoms with Crippen molar-refractivity contribution >= 4 is 17.5 Å². The fourth-order valence-electron chi connectivity index (χ4n) is 1.96. The molecule has 2 rings (SSSR count). The molecule has 1 aromatic rings. The molecule has 1 fully saturated rings. The highest BCUT2D eigenvalue weighted by molar-refractivity contribution is 6.29. The fourth-order valence-corrected chi connectivity index (χ4v) is 2.05. The van der Waals surface area contributed by atoms with Crippen LogP contribution < -0.4 is 0 Å². The monoisotopic (exact) mass is 253 g/mol. The van der Waals surface area contributed by atoms with Crippen molar-refractivity contribution in [1.82, 2.24) is 14.9 Å². The topological polar surface area (TPSA) is 46.1 Å². The van der Waals surface area contributed by atoms with Gasteiger partial charge in [0.25, 0.3) is 0 Å². The molecule has 0 N–H and O–H groups in total. The van der Waals surface area contributed by atoms with Gasteiger partial charge in [0.2, 0.25) is 5.91 Å². The molecule has 1 amide bonds. The number of rotatable bonds is 2. The summed E-state index contributed by atoms with van der Waals surface area (Å²) in [6.07, 6.45) is 5.84. The third-order valence-electron chi connectivity index (χ3n) is 3.12. The lowest BCUT2D eigenvalue weighted by molar-refractivity contribution is -0.131. The number of carbonyl (C=O) groups excluding carboxylic acids is 1. The molecule has 1 unspecified atom stereocenters. The molecule has 1 atom stereocenters. The van der Waals surface area contributed by atoms with E-state index in [0.29, 0.717) is 24.0 Å². The van der Waals surface area contributed by atoms with E-state index < -0.39 is 0 Å². The predicted molar refractivity (Wildman–Crippen MR) is 65.5 cm³/mol. The van der Waals surface area contributed by atoms with Gasteiger partial charge in [0.05, 0.1) is 24.6 Å². The van der Waals surface area contributed by atoms with Crippen molar-refractivity contribution in [2.45, 2.75) is 32.7 Å². The zero-order chi connectivity index (χ0) is 12.3. The van der Waals surface area contributed by atoms with Gasteiger partial charge in [-0.1, -0.05) is 18.5 Å². The lowest BCUT2D eigenvalue weighted by Gasteiger charge is -2.19. The van der Waals surface area contributed by atoms with Crippen molar-refractivity contribution in [2.75, 3.05) is 6.54 Å². The first-order chi connectivity index (χ1) is 8.15. The standard InChI is InChI=1S/C12H16ClN3O/c1-9-2-3-12(17)16(5-4-9)8-10-6-15-11(13)7-14-10/h6-7,9H,2-5,8H2,1H3. The number of likely N-dealkylation sites (tertiary alicyclic amines) is 1. The Bertz CT molecular complexity index is 393.